The summed E-state index contributed by atoms with van der Waals surface area (Å²) in [6.45, 7) is 6.71. The molecule has 122 valence electrons. The van der Waals surface area contributed by atoms with Crippen molar-refractivity contribution in [3.05, 3.63) is 66.0 Å². The number of nitrogens with zero attached hydrogens (tertiary/aromatic N) is 2. The Morgan fingerprint density at radius 2 is 1.91 bits per heavy atom. The molecule has 0 spiro atoms. The molecule has 1 N–H and O–H groups in total. The molecule has 1 unspecified atom stereocenters. The highest BCUT2D eigenvalue weighted by Gasteiger charge is 2.18. The van der Waals surface area contributed by atoms with Crippen LogP contribution in [-0.4, -0.2) is 42.7 Å². The van der Waals surface area contributed by atoms with Crippen molar-refractivity contribution in [2.24, 2.45) is 5.92 Å². The predicted molar refractivity (Wildman–Crippen MR) is 92.0 cm³/mol. The van der Waals surface area contributed by atoms with E-state index in [1.54, 1.807) is 0 Å². The molecule has 2 aromatic rings. The van der Waals surface area contributed by atoms with Crippen LogP contribution < -0.4 is 5.32 Å². The van der Waals surface area contributed by atoms with Crippen molar-refractivity contribution in [2.45, 2.75) is 13.2 Å². The van der Waals surface area contributed by atoms with Crippen molar-refractivity contribution in [3.63, 3.8) is 0 Å². The minimum absolute atomic E-state index is 0.531. The van der Waals surface area contributed by atoms with Crippen molar-refractivity contribution in [3.8, 4) is 0 Å². The molecule has 4 heteroatoms. The largest absolute Gasteiger partial charge is 0.376 e. The molecule has 1 atom stereocenters. The summed E-state index contributed by atoms with van der Waals surface area (Å²) in [4.78, 5) is 6.60. The van der Waals surface area contributed by atoms with Crippen molar-refractivity contribution >= 4 is 0 Å². The summed E-state index contributed by atoms with van der Waals surface area (Å²) in [6.07, 6.45) is 3.73. The first kappa shape index (κ1) is 16.1. The van der Waals surface area contributed by atoms with Crippen molar-refractivity contribution < 1.29 is 4.74 Å². The van der Waals surface area contributed by atoms with E-state index >= 15 is 0 Å². The van der Waals surface area contributed by atoms with Gasteiger partial charge in [0, 0.05) is 51.0 Å². The Bertz CT molecular complexity index is 561. The predicted octanol–water partition coefficient (Wildman–Crippen LogP) is 2.32. The lowest BCUT2D eigenvalue weighted by Gasteiger charge is -2.23. The minimum Gasteiger partial charge on any atom is -0.376 e. The fourth-order valence-corrected chi connectivity index (χ4v) is 2.98. The van der Waals surface area contributed by atoms with Gasteiger partial charge in [0.1, 0.15) is 0 Å². The van der Waals surface area contributed by atoms with Gasteiger partial charge >= 0.3 is 0 Å². The van der Waals surface area contributed by atoms with Gasteiger partial charge in [0.2, 0.25) is 0 Å². The molecule has 0 aliphatic carbocycles. The number of pyridine rings is 1. The summed E-state index contributed by atoms with van der Waals surface area (Å²) in [5.74, 6) is 0.531. The molecule has 3 rings (SSSR count). The van der Waals surface area contributed by atoms with Crippen LogP contribution in [0.25, 0.3) is 0 Å². The second-order valence-corrected chi connectivity index (χ2v) is 6.16. The molecule has 23 heavy (non-hydrogen) atoms. The molecule has 1 aromatic heterocycles. The van der Waals surface area contributed by atoms with Crippen LogP contribution in [-0.2, 0) is 17.9 Å². The van der Waals surface area contributed by atoms with Crippen LogP contribution >= 0.6 is 0 Å². The van der Waals surface area contributed by atoms with Crippen LogP contribution in [0.2, 0.25) is 0 Å². The number of benzene rings is 1. The smallest absolute Gasteiger partial charge is 0.0717 e. The van der Waals surface area contributed by atoms with Gasteiger partial charge in [0.25, 0.3) is 0 Å². The molecular formula is C19H25N3O. The zero-order chi connectivity index (χ0) is 15.7. The lowest BCUT2D eigenvalue weighted by Crippen LogP contribution is -2.31. The van der Waals surface area contributed by atoms with E-state index in [4.69, 9.17) is 4.74 Å². The van der Waals surface area contributed by atoms with Gasteiger partial charge in [-0.25, -0.2) is 0 Å². The molecule has 2 heterocycles. The van der Waals surface area contributed by atoms with Crippen molar-refractivity contribution in [1.82, 2.24) is 15.2 Å². The molecule has 0 amide bonds. The summed E-state index contributed by atoms with van der Waals surface area (Å²) in [6, 6.07) is 14.6. The lowest BCUT2D eigenvalue weighted by atomic mass is 10.1. The topological polar surface area (TPSA) is 37.4 Å². The molecule has 4 nitrogen and oxygen atoms in total. The second-order valence-electron chi connectivity index (χ2n) is 6.16. The first-order valence-electron chi connectivity index (χ1n) is 8.34. The number of aromatic nitrogens is 1. The fourth-order valence-electron chi connectivity index (χ4n) is 2.98. The number of ether oxygens (including phenoxy) is 1. The number of nitrogens with one attached hydrogen (secondary N) is 1. The third kappa shape index (κ3) is 5.43. The molecule has 0 bridgehead atoms. The highest BCUT2D eigenvalue weighted by molar-refractivity contribution is 5.13. The summed E-state index contributed by atoms with van der Waals surface area (Å²) >= 11 is 0. The molecule has 0 saturated carbocycles. The average Bonchev–Trinajstić information content (AvgIpc) is 2.82. The summed E-state index contributed by atoms with van der Waals surface area (Å²) in [5, 5.41) is 3.53. The van der Waals surface area contributed by atoms with Gasteiger partial charge in [-0.15, -0.1) is 0 Å². The van der Waals surface area contributed by atoms with Crippen molar-refractivity contribution in [1.29, 1.82) is 0 Å². The van der Waals surface area contributed by atoms with Gasteiger partial charge in [-0.1, -0.05) is 30.3 Å². The van der Waals surface area contributed by atoms with E-state index in [-0.39, 0.29) is 0 Å². The van der Waals surface area contributed by atoms with E-state index < -0.39 is 0 Å². The number of hydrogen-bond acceptors (Lipinski definition) is 4. The quantitative estimate of drug-likeness (QED) is 0.888. The van der Waals surface area contributed by atoms with Crippen LogP contribution in [0.5, 0.6) is 0 Å². The average molecular weight is 311 g/mol. The Labute approximate surface area is 138 Å². The Kier molecular flexibility index (Phi) is 6.15. The van der Waals surface area contributed by atoms with Gasteiger partial charge in [-0.3, -0.25) is 9.88 Å². The van der Waals surface area contributed by atoms with Crippen LogP contribution in [0, 0.1) is 5.92 Å². The van der Waals surface area contributed by atoms with Crippen molar-refractivity contribution in [2.75, 3.05) is 32.8 Å². The first-order chi connectivity index (χ1) is 11.4. The number of hydrogen-bond donors (Lipinski definition) is 1. The SMILES string of the molecule is c1ccc(COCC2CNCCN(Cc3ccncc3)C2)cc1. The Morgan fingerprint density at radius 1 is 1.09 bits per heavy atom. The highest BCUT2D eigenvalue weighted by Crippen LogP contribution is 2.10. The summed E-state index contributed by atoms with van der Waals surface area (Å²) in [5.41, 5.74) is 2.56. The zero-order valence-corrected chi connectivity index (χ0v) is 13.5. The first-order valence-corrected chi connectivity index (χ1v) is 8.34. The van der Waals surface area contributed by atoms with E-state index in [2.05, 4.69) is 51.6 Å². The van der Waals surface area contributed by atoms with Gasteiger partial charge < -0.3 is 10.1 Å². The van der Waals surface area contributed by atoms with Crippen LogP contribution in [0.15, 0.2) is 54.9 Å². The molecule has 0 radical (unpaired) electrons. The van der Waals surface area contributed by atoms with E-state index in [0.717, 1.165) is 39.3 Å². The van der Waals surface area contributed by atoms with Gasteiger partial charge in [-0.05, 0) is 23.3 Å². The lowest BCUT2D eigenvalue weighted by molar-refractivity contribution is 0.0757. The summed E-state index contributed by atoms with van der Waals surface area (Å²) < 4.78 is 5.94. The third-order valence-corrected chi connectivity index (χ3v) is 4.17. The molecule has 1 fully saturated rings. The summed E-state index contributed by atoms with van der Waals surface area (Å²) in [7, 11) is 0. The maximum Gasteiger partial charge on any atom is 0.0717 e. The molecule has 1 saturated heterocycles. The normalized spacial score (nSPS) is 19.4. The minimum atomic E-state index is 0.531. The van der Waals surface area contributed by atoms with Crippen LogP contribution in [0.4, 0.5) is 0 Å². The van der Waals surface area contributed by atoms with Crippen LogP contribution in [0.3, 0.4) is 0 Å². The van der Waals surface area contributed by atoms with Gasteiger partial charge in [0.05, 0.1) is 13.2 Å². The highest BCUT2D eigenvalue weighted by atomic mass is 16.5. The van der Waals surface area contributed by atoms with Gasteiger partial charge in [0.15, 0.2) is 0 Å². The Hall–Kier alpha value is -1.75. The Morgan fingerprint density at radius 3 is 2.74 bits per heavy atom. The van der Waals surface area contributed by atoms with E-state index in [1.165, 1.54) is 11.1 Å². The Balaban J connectivity index is 1.47. The van der Waals surface area contributed by atoms with E-state index in [9.17, 15) is 0 Å². The maximum atomic E-state index is 5.94. The third-order valence-electron chi connectivity index (χ3n) is 4.17. The molecular weight excluding hydrogens is 286 g/mol. The zero-order valence-electron chi connectivity index (χ0n) is 13.5. The van der Waals surface area contributed by atoms with Crippen LogP contribution in [0.1, 0.15) is 11.1 Å². The fraction of sp³-hybridized carbons (Fsp3) is 0.421. The molecule has 1 aromatic carbocycles. The number of rotatable bonds is 6. The molecule has 1 aliphatic heterocycles. The monoisotopic (exact) mass is 311 g/mol. The maximum absolute atomic E-state index is 5.94. The molecule has 1 aliphatic rings. The second kappa shape index (κ2) is 8.77. The standard InChI is InChI=1S/C19H25N3O/c1-2-4-18(5-3-1)15-23-16-19-12-21-10-11-22(14-19)13-17-6-8-20-9-7-17/h1-9,19,21H,10-16H2. The van der Waals surface area contributed by atoms with E-state index in [0.29, 0.717) is 12.5 Å². The van der Waals surface area contributed by atoms with Gasteiger partial charge in [-0.2, -0.15) is 0 Å². The van der Waals surface area contributed by atoms with E-state index in [1.807, 2.05) is 18.5 Å².